The predicted molar refractivity (Wildman–Crippen MR) is 43.1 cm³/mol. The molecule has 0 aliphatic rings. The van der Waals surface area contributed by atoms with Gasteiger partial charge in [-0.15, -0.1) is 0 Å². The van der Waals surface area contributed by atoms with Crippen LogP contribution in [0.25, 0.3) is 11.2 Å². The third-order valence-corrected chi connectivity index (χ3v) is 1.50. The number of aromatic carboxylic acids is 1. The summed E-state index contributed by atoms with van der Waals surface area (Å²) in [5, 5.41) is 8.59. The number of rotatable bonds is 1. The van der Waals surface area contributed by atoms with Gasteiger partial charge in [-0.3, -0.25) is 0 Å². The Morgan fingerprint density at radius 2 is 2.31 bits per heavy atom. The van der Waals surface area contributed by atoms with Crippen LogP contribution in [0.3, 0.4) is 0 Å². The standard InChI is InChI=1S/C6H5N5O2/c7-3-2-4(9-1-8-2)11-5(10-3)6(12)13/h1H,(H,12,13)(H3,7,8,9,10,11). The predicted octanol–water partition coefficient (Wildman–Crippen LogP) is -0.367. The quantitative estimate of drug-likeness (QED) is 0.549. The van der Waals surface area contributed by atoms with E-state index in [0.717, 1.165) is 0 Å². The lowest BCUT2D eigenvalue weighted by atomic mass is 10.4. The van der Waals surface area contributed by atoms with Crippen LogP contribution < -0.4 is 5.73 Å². The largest absolute Gasteiger partial charge is 0.475 e. The number of aromatic amines is 1. The number of nitrogen functional groups attached to an aromatic ring is 1. The van der Waals surface area contributed by atoms with Crippen LogP contribution in [0.4, 0.5) is 5.82 Å². The highest BCUT2D eigenvalue weighted by molar-refractivity contribution is 5.89. The lowest BCUT2D eigenvalue weighted by Gasteiger charge is -1.95. The lowest BCUT2D eigenvalue weighted by Crippen LogP contribution is -2.06. The minimum atomic E-state index is -1.23. The molecular formula is C6H5N5O2. The number of hydrogen-bond acceptors (Lipinski definition) is 5. The number of fused-ring (bicyclic) bond motifs is 1. The molecule has 66 valence electrons. The molecule has 2 aromatic heterocycles. The van der Waals surface area contributed by atoms with Crippen LogP contribution in [0, 0.1) is 0 Å². The van der Waals surface area contributed by atoms with Crippen molar-refractivity contribution < 1.29 is 9.90 Å². The SMILES string of the molecule is Nc1nc(C(=O)O)nc2nc[nH]c12. The molecule has 0 aromatic carbocycles. The Labute approximate surface area is 71.6 Å². The van der Waals surface area contributed by atoms with Gasteiger partial charge in [0.1, 0.15) is 5.52 Å². The molecular weight excluding hydrogens is 174 g/mol. The lowest BCUT2D eigenvalue weighted by molar-refractivity contribution is 0.0684. The summed E-state index contributed by atoms with van der Waals surface area (Å²) in [6, 6.07) is 0. The maximum Gasteiger partial charge on any atom is 0.374 e. The minimum absolute atomic E-state index is 0.0832. The minimum Gasteiger partial charge on any atom is -0.475 e. The first kappa shape index (κ1) is 7.47. The average Bonchev–Trinajstić information content (AvgIpc) is 2.51. The van der Waals surface area contributed by atoms with Gasteiger partial charge in [0.15, 0.2) is 11.5 Å². The Kier molecular flexibility index (Phi) is 1.38. The van der Waals surface area contributed by atoms with Gasteiger partial charge in [-0.2, -0.15) is 0 Å². The number of nitrogens with zero attached hydrogens (tertiary/aromatic N) is 3. The first-order chi connectivity index (χ1) is 6.18. The van der Waals surface area contributed by atoms with E-state index in [2.05, 4.69) is 19.9 Å². The van der Waals surface area contributed by atoms with E-state index in [0.29, 0.717) is 5.52 Å². The van der Waals surface area contributed by atoms with Gasteiger partial charge in [-0.25, -0.2) is 19.7 Å². The topological polar surface area (TPSA) is 118 Å². The molecule has 4 N–H and O–H groups in total. The Morgan fingerprint density at radius 3 is 3.00 bits per heavy atom. The Bertz CT molecular complexity index is 477. The summed E-state index contributed by atoms with van der Waals surface area (Å²) in [5.74, 6) is -1.49. The molecule has 2 heterocycles. The molecule has 0 radical (unpaired) electrons. The van der Waals surface area contributed by atoms with Gasteiger partial charge >= 0.3 is 5.97 Å². The number of nitrogens with one attached hydrogen (secondary N) is 1. The number of carboxylic acid groups (broad SMARTS) is 1. The van der Waals surface area contributed by atoms with E-state index in [-0.39, 0.29) is 17.3 Å². The van der Waals surface area contributed by atoms with Crippen LogP contribution in [0.2, 0.25) is 0 Å². The maximum atomic E-state index is 10.5. The number of H-pyrrole nitrogens is 1. The van der Waals surface area contributed by atoms with Crippen LogP contribution in [0.1, 0.15) is 10.6 Å². The highest BCUT2D eigenvalue weighted by Gasteiger charge is 2.11. The van der Waals surface area contributed by atoms with Crippen molar-refractivity contribution in [3.8, 4) is 0 Å². The number of carboxylic acids is 1. The van der Waals surface area contributed by atoms with Crippen LogP contribution in [0.5, 0.6) is 0 Å². The number of imidazole rings is 1. The molecule has 0 spiro atoms. The third kappa shape index (κ3) is 1.06. The number of aromatic nitrogens is 4. The van der Waals surface area contributed by atoms with E-state index in [4.69, 9.17) is 10.8 Å². The zero-order valence-corrected chi connectivity index (χ0v) is 6.35. The number of carbonyl (C=O) groups is 1. The van der Waals surface area contributed by atoms with E-state index in [9.17, 15) is 4.79 Å². The summed E-state index contributed by atoms with van der Waals surface area (Å²) in [6.45, 7) is 0. The molecule has 0 saturated carbocycles. The van der Waals surface area contributed by atoms with Gasteiger partial charge in [0.2, 0.25) is 5.82 Å². The second-order valence-corrected chi connectivity index (χ2v) is 2.34. The number of anilines is 1. The fourth-order valence-electron chi connectivity index (χ4n) is 0.951. The van der Waals surface area contributed by atoms with Crippen molar-refractivity contribution in [2.75, 3.05) is 5.73 Å². The zero-order chi connectivity index (χ0) is 9.42. The van der Waals surface area contributed by atoms with Gasteiger partial charge in [0.25, 0.3) is 0 Å². The van der Waals surface area contributed by atoms with E-state index < -0.39 is 5.97 Å². The van der Waals surface area contributed by atoms with Crippen molar-refractivity contribution in [2.45, 2.75) is 0 Å². The van der Waals surface area contributed by atoms with E-state index >= 15 is 0 Å². The Morgan fingerprint density at radius 1 is 1.54 bits per heavy atom. The molecule has 0 fully saturated rings. The first-order valence-electron chi connectivity index (χ1n) is 3.38. The van der Waals surface area contributed by atoms with Crippen molar-refractivity contribution in [3.63, 3.8) is 0 Å². The molecule has 7 nitrogen and oxygen atoms in total. The van der Waals surface area contributed by atoms with Gasteiger partial charge in [-0.05, 0) is 0 Å². The summed E-state index contributed by atoms with van der Waals surface area (Å²) >= 11 is 0. The summed E-state index contributed by atoms with van der Waals surface area (Å²) in [5.41, 5.74) is 6.16. The van der Waals surface area contributed by atoms with Gasteiger partial charge < -0.3 is 15.8 Å². The Balaban J connectivity index is 2.77. The summed E-state index contributed by atoms with van der Waals surface area (Å²) in [4.78, 5) is 24.2. The second-order valence-electron chi connectivity index (χ2n) is 2.34. The van der Waals surface area contributed by atoms with Crippen LogP contribution >= 0.6 is 0 Å². The summed E-state index contributed by atoms with van der Waals surface area (Å²) < 4.78 is 0. The van der Waals surface area contributed by atoms with E-state index in [1.54, 1.807) is 0 Å². The van der Waals surface area contributed by atoms with E-state index in [1.165, 1.54) is 6.33 Å². The van der Waals surface area contributed by atoms with Crippen molar-refractivity contribution in [2.24, 2.45) is 0 Å². The molecule has 0 aliphatic carbocycles. The van der Waals surface area contributed by atoms with Crippen molar-refractivity contribution >= 4 is 23.0 Å². The molecule has 0 bridgehead atoms. The van der Waals surface area contributed by atoms with Crippen molar-refractivity contribution in [3.05, 3.63) is 12.2 Å². The molecule has 13 heavy (non-hydrogen) atoms. The monoisotopic (exact) mass is 179 g/mol. The van der Waals surface area contributed by atoms with Gasteiger partial charge in [-0.1, -0.05) is 0 Å². The smallest absolute Gasteiger partial charge is 0.374 e. The zero-order valence-electron chi connectivity index (χ0n) is 6.35. The van der Waals surface area contributed by atoms with Crippen molar-refractivity contribution in [1.29, 1.82) is 0 Å². The Hall–Kier alpha value is -2.18. The highest BCUT2D eigenvalue weighted by atomic mass is 16.4. The highest BCUT2D eigenvalue weighted by Crippen LogP contribution is 2.12. The molecule has 2 aromatic rings. The average molecular weight is 179 g/mol. The normalized spacial score (nSPS) is 10.5. The molecule has 7 heteroatoms. The van der Waals surface area contributed by atoms with Crippen LogP contribution in [-0.2, 0) is 0 Å². The van der Waals surface area contributed by atoms with Crippen molar-refractivity contribution in [1.82, 2.24) is 19.9 Å². The maximum absolute atomic E-state index is 10.5. The molecule has 0 aliphatic heterocycles. The summed E-state index contributed by atoms with van der Waals surface area (Å²) in [7, 11) is 0. The van der Waals surface area contributed by atoms with Crippen LogP contribution in [-0.4, -0.2) is 31.0 Å². The fourth-order valence-corrected chi connectivity index (χ4v) is 0.951. The molecule has 2 rings (SSSR count). The third-order valence-electron chi connectivity index (χ3n) is 1.50. The fraction of sp³-hybridized carbons (Fsp3) is 0. The summed E-state index contributed by atoms with van der Waals surface area (Å²) in [6.07, 6.45) is 1.38. The van der Waals surface area contributed by atoms with E-state index in [1.807, 2.05) is 0 Å². The molecule has 0 unspecified atom stereocenters. The number of hydrogen-bond donors (Lipinski definition) is 3. The van der Waals surface area contributed by atoms with Crippen LogP contribution in [0.15, 0.2) is 6.33 Å². The molecule has 0 atom stereocenters. The van der Waals surface area contributed by atoms with Gasteiger partial charge in [0.05, 0.1) is 6.33 Å². The molecule has 0 saturated heterocycles. The molecule has 0 amide bonds. The van der Waals surface area contributed by atoms with Gasteiger partial charge in [0, 0.05) is 0 Å². The first-order valence-corrected chi connectivity index (χ1v) is 3.38. The second kappa shape index (κ2) is 2.41. The number of nitrogens with two attached hydrogens (primary N) is 1.